The van der Waals surface area contributed by atoms with Crippen molar-refractivity contribution in [1.82, 2.24) is 0 Å². The Morgan fingerprint density at radius 2 is 2.12 bits per heavy atom. The van der Waals surface area contributed by atoms with Gasteiger partial charge in [-0.1, -0.05) is 43.5 Å². The van der Waals surface area contributed by atoms with Gasteiger partial charge >= 0.3 is 0 Å². The highest BCUT2D eigenvalue weighted by atomic mass is 35.5. The van der Waals surface area contributed by atoms with Gasteiger partial charge in [-0.15, -0.1) is 0 Å². The zero-order valence-corrected chi connectivity index (χ0v) is 11.3. The van der Waals surface area contributed by atoms with Gasteiger partial charge in [0.15, 0.2) is 5.78 Å². The molecule has 0 heterocycles. The van der Waals surface area contributed by atoms with Crippen molar-refractivity contribution >= 4 is 17.4 Å². The number of Topliss-reactive ketones (excluding diaryl/α,β-unsaturated/α-hetero) is 1. The SMILES string of the molecule is Cc1ccc(C(=O)C2CCCC(C)C2)cc1Cl. The van der Waals surface area contributed by atoms with Crippen LogP contribution >= 0.6 is 11.6 Å². The van der Waals surface area contributed by atoms with Crippen molar-refractivity contribution < 1.29 is 4.79 Å². The zero-order valence-electron chi connectivity index (χ0n) is 10.5. The molecule has 1 aromatic carbocycles. The summed E-state index contributed by atoms with van der Waals surface area (Å²) in [5, 5.41) is 0.694. The first kappa shape index (κ1) is 12.6. The standard InChI is InChI=1S/C15H19ClO/c1-10-4-3-5-12(8-10)15(17)13-7-6-11(2)14(16)9-13/h6-7,9-10,12H,3-5,8H2,1-2H3. The normalized spacial score (nSPS) is 24.6. The van der Waals surface area contributed by atoms with E-state index < -0.39 is 0 Å². The summed E-state index contributed by atoms with van der Waals surface area (Å²) >= 11 is 6.07. The third-order valence-electron chi connectivity index (χ3n) is 3.76. The number of benzene rings is 1. The molecule has 0 amide bonds. The second-order valence-electron chi connectivity index (χ2n) is 5.30. The number of carbonyl (C=O) groups is 1. The molecule has 17 heavy (non-hydrogen) atoms. The van der Waals surface area contributed by atoms with Crippen LogP contribution in [0.15, 0.2) is 18.2 Å². The molecule has 0 spiro atoms. The fourth-order valence-corrected chi connectivity index (χ4v) is 2.83. The van der Waals surface area contributed by atoms with Crippen molar-refractivity contribution in [1.29, 1.82) is 0 Å². The van der Waals surface area contributed by atoms with Crippen LogP contribution in [0.3, 0.4) is 0 Å². The monoisotopic (exact) mass is 250 g/mol. The smallest absolute Gasteiger partial charge is 0.166 e. The first-order chi connectivity index (χ1) is 8.08. The number of hydrogen-bond acceptors (Lipinski definition) is 1. The Labute approximate surface area is 108 Å². The molecule has 92 valence electrons. The average molecular weight is 251 g/mol. The molecule has 1 aromatic rings. The second-order valence-corrected chi connectivity index (χ2v) is 5.70. The fraction of sp³-hybridized carbons (Fsp3) is 0.533. The van der Waals surface area contributed by atoms with Gasteiger partial charge in [0.1, 0.15) is 0 Å². The van der Waals surface area contributed by atoms with Crippen LogP contribution in [0.2, 0.25) is 5.02 Å². The number of rotatable bonds is 2. The molecule has 2 rings (SSSR count). The predicted octanol–water partition coefficient (Wildman–Crippen LogP) is 4.66. The highest BCUT2D eigenvalue weighted by Crippen LogP contribution is 2.31. The molecule has 1 aliphatic rings. The molecular formula is C15H19ClO. The molecule has 2 atom stereocenters. The minimum Gasteiger partial charge on any atom is -0.294 e. The van der Waals surface area contributed by atoms with E-state index in [4.69, 9.17) is 11.6 Å². The van der Waals surface area contributed by atoms with Crippen molar-refractivity contribution in [2.24, 2.45) is 11.8 Å². The maximum Gasteiger partial charge on any atom is 0.166 e. The summed E-state index contributed by atoms with van der Waals surface area (Å²) in [5.74, 6) is 1.16. The van der Waals surface area contributed by atoms with Gasteiger partial charge in [-0.2, -0.15) is 0 Å². The van der Waals surface area contributed by atoms with Crippen LogP contribution in [0.25, 0.3) is 0 Å². The van der Waals surface area contributed by atoms with Crippen molar-refractivity contribution in [3.05, 3.63) is 34.3 Å². The molecule has 0 radical (unpaired) electrons. The molecule has 1 saturated carbocycles. The van der Waals surface area contributed by atoms with E-state index >= 15 is 0 Å². The molecule has 0 aliphatic heterocycles. The minimum atomic E-state index is 0.206. The van der Waals surface area contributed by atoms with Crippen molar-refractivity contribution in [3.63, 3.8) is 0 Å². The summed E-state index contributed by atoms with van der Waals surface area (Å²) in [4.78, 5) is 12.4. The molecule has 0 saturated heterocycles. The number of ketones is 1. The van der Waals surface area contributed by atoms with Crippen LogP contribution in [0.1, 0.15) is 48.5 Å². The van der Waals surface area contributed by atoms with Crippen LogP contribution in [0.4, 0.5) is 0 Å². The zero-order chi connectivity index (χ0) is 12.4. The highest BCUT2D eigenvalue weighted by molar-refractivity contribution is 6.31. The van der Waals surface area contributed by atoms with Gasteiger partial charge in [0.05, 0.1) is 0 Å². The number of carbonyl (C=O) groups excluding carboxylic acids is 1. The molecular weight excluding hydrogens is 232 g/mol. The molecule has 1 nitrogen and oxygen atoms in total. The van der Waals surface area contributed by atoms with Gasteiger partial charge < -0.3 is 0 Å². The second kappa shape index (κ2) is 5.22. The third kappa shape index (κ3) is 2.90. The fourth-order valence-electron chi connectivity index (χ4n) is 2.65. The lowest BCUT2D eigenvalue weighted by Crippen LogP contribution is -2.21. The quantitative estimate of drug-likeness (QED) is 0.698. The van der Waals surface area contributed by atoms with Crippen molar-refractivity contribution in [2.75, 3.05) is 0 Å². The van der Waals surface area contributed by atoms with E-state index in [2.05, 4.69) is 6.92 Å². The van der Waals surface area contributed by atoms with E-state index in [1.807, 2.05) is 25.1 Å². The lowest BCUT2D eigenvalue weighted by atomic mass is 9.79. The predicted molar refractivity (Wildman–Crippen MR) is 71.6 cm³/mol. The maximum atomic E-state index is 12.4. The third-order valence-corrected chi connectivity index (χ3v) is 4.17. The van der Waals surface area contributed by atoms with E-state index in [9.17, 15) is 4.79 Å². The van der Waals surface area contributed by atoms with Crippen molar-refractivity contribution in [2.45, 2.75) is 39.5 Å². The number of halogens is 1. The highest BCUT2D eigenvalue weighted by Gasteiger charge is 2.25. The Kier molecular flexibility index (Phi) is 3.88. The Morgan fingerprint density at radius 1 is 1.35 bits per heavy atom. The minimum absolute atomic E-state index is 0.206. The number of hydrogen-bond donors (Lipinski definition) is 0. The lowest BCUT2D eigenvalue weighted by Gasteiger charge is -2.25. The van der Waals surface area contributed by atoms with E-state index in [1.54, 1.807) is 0 Å². The Bertz CT molecular complexity index is 425. The van der Waals surface area contributed by atoms with Gasteiger partial charge in [-0.05, 0) is 37.3 Å². The van der Waals surface area contributed by atoms with Gasteiger partial charge in [-0.25, -0.2) is 0 Å². The van der Waals surface area contributed by atoms with Gasteiger partial charge in [0.25, 0.3) is 0 Å². The molecule has 0 bridgehead atoms. The van der Waals surface area contributed by atoms with Crippen LogP contribution in [0, 0.1) is 18.8 Å². The van der Waals surface area contributed by atoms with Gasteiger partial charge in [0.2, 0.25) is 0 Å². The molecule has 2 unspecified atom stereocenters. The first-order valence-electron chi connectivity index (χ1n) is 6.38. The summed E-state index contributed by atoms with van der Waals surface area (Å²) in [7, 11) is 0. The van der Waals surface area contributed by atoms with E-state index in [-0.39, 0.29) is 11.7 Å². The van der Waals surface area contributed by atoms with Gasteiger partial charge in [0, 0.05) is 16.5 Å². The first-order valence-corrected chi connectivity index (χ1v) is 6.76. The van der Waals surface area contributed by atoms with E-state index in [0.29, 0.717) is 10.9 Å². The Hall–Kier alpha value is -0.820. The summed E-state index contributed by atoms with van der Waals surface area (Å²) in [6.45, 7) is 4.20. The van der Waals surface area contributed by atoms with Crippen LogP contribution in [-0.2, 0) is 0 Å². The van der Waals surface area contributed by atoms with Crippen LogP contribution in [0.5, 0.6) is 0 Å². The molecule has 2 heteroatoms. The van der Waals surface area contributed by atoms with Crippen molar-refractivity contribution in [3.8, 4) is 0 Å². The molecule has 1 aliphatic carbocycles. The largest absolute Gasteiger partial charge is 0.294 e. The lowest BCUT2D eigenvalue weighted by molar-refractivity contribution is 0.0868. The molecule has 0 N–H and O–H groups in total. The summed E-state index contributed by atoms with van der Waals surface area (Å²) < 4.78 is 0. The topological polar surface area (TPSA) is 17.1 Å². The molecule has 0 aromatic heterocycles. The van der Waals surface area contributed by atoms with Gasteiger partial charge in [-0.3, -0.25) is 4.79 Å². The number of aryl methyl sites for hydroxylation is 1. The summed E-state index contributed by atoms with van der Waals surface area (Å²) in [6.07, 6.45) is 4.51. The molecule has 1 fully saturated rings. The van der Waals surface area contributed by atoms with Crippen LogP contribution in [-0.4, -0.2) is 5.78 Å². The Morgan fingerprint density at radius 3 is 2.76 bits per heavy atom. The van der Waals surface area contributed by atoms with E-state index in [0.717, 1.165) is 24.0 Å². The van der Waals surface area contributed by atoms with Crippen LogP contribution < -0.4 is 0 Å². The summed E-state index contributed by atoms with van der Waals surface area (Å²) in [5.41, 5.74) is 1.81. The maximum absolute atomic E-state index is 12.4. The summed E-state index contributed by atoms with van der Waals surface area (Å²) in [6, 6.07) is 5.66. The van der Waals surface area contributed by atoms with E-state index in [1.165, 1.54) is 12.8 Å². The average Bonchev–Trinajstić information content (AvgIpc) is 2.32. The Balaban J connectivity index is 2.15.